The molecule has 1 aromatic rings. The monoisotopic (exact) mass is 300 g/mol. The zero-order valence-electron chi connectivity index (χ0n) is 9.66. The van der Waals surface area contributed by atoms with Crippen LogP contribution in [0.1, 0.15) is 25.3 Å². The number of hydrogen-bond donors (Lipinski definition) is 1. The van der Waals surface area contributed by atoms with Gasteiger partial charge in [0.05, 0.1) is 0 Å². The molecule has 0 fully saturated rings. The number of unbranched alkanes of at least 4 members (excludes halogenated alkanes) is 1. The summed E-state index contributed by atoms with van der Waals surface area (Å²) in [5.41, 5.74) is 7.75. The van der Waals surface area contributed by atoms with Crippen molar-refractivity contribution >= 4 is 38.8 Å². The van der Waals surface area contributed by atoms with Crippen LogP contribution in [-0.2, 0) is 0 Å². The van der Waals surface area contributed by atoms with Gasteiger partial charge in [-0.2, -0.15) is 0 Å². The number of halogens is 1. The van der Waals surface area contributed by atoms with Crippen molar-refractivity contribution in [3.05, 3.63) is 28.2 Å². The Balaban J connectivity index is 2.99. The molecular weight excluding hydrogens is 284 g/mol. The minimum atomic E-state index is 0.450. The first-order valence-corrected chi connectivity index (χ1v) is 6.57. The Morgan fingerprint density at radius 2 is 2.19 bits per heavy atom. The van der Waals surface area contributed by atoms with Crippen LogP contribution >= 0.6 is 28.1 Å². The lowest BCUT2D eigenvalue weighted by molar-refractivity contribution is 0.766. The van der Waals surface area contributed by atoms with Crippen LogP contribution in [0.25, 0.3) is 0 Å². The second-order valence-corrected chi connectivity index (χ2v) is 5.16. The predicted molar refractivity (Wildman–Crippen MR) is 78.2 cm³/mol. The fraction of sp³-hybridized carbons (Fsp3) is 0.417. The zero-order valence-corrected chi connectivity index (χ0v) is 12.1. The third-order valence-electron chi connectivity index (χ3n) is 2.48. The van der Waals surface area contributed by atoms with Gasteiger partial charge >= 0.3 is 0 Å². The Bertz CT molecular complexity index is 379. The predicted octanol–water partition coefficient (Wildman–Crippen LogP) is 3.32. The van der Waals surface area contributed by atoms with Crippen LogP contribution in [0.4, 0.5) is 5.69 Å². The van der Waals surface area contributed by atoms with E-state index in [0.717, 1.165) is 22.3 Å². The molecule has 0 heterocycles. The molecule has 88 valence electrons. The number of benzene rings is 1. The normalized spacial score (nSPS) is 10.2. The number of nitrogens with two attached hydrogens (primary N) is 1. The van der Waals surface area contributed by atoms with E-state index in [1.165, 1.54) is 12.8 Å². The maximum absolute atomic E-state index is 5.72. The zero-order chi connectivity index (χ0) is 12.1. The molecule has 0 amide bonds. The molecule has 1 rings (SSSR count). The topological polar surface area (TPSA) is 29.3 Å². The van der Waals surface area contributed by atoms with E-state index < -0.39 is 0 Å². The molecule has 0 saturated carbocycles. The van der Waals surface area contributed by atoms with E-state index in [4.69, 9.17) is 18.0 Å². The lowest BCUT2D eigenvalue weighted by atomic mass is 10.1. The number of anilines is 1. The average molecular weight is 301 g/mol. The second kappa shape index (κ2) is 6.21. The van der Waals surface area contributed by atoms with Crippen LogP contribution in [0.3, 0.4) is 0 Å². The fourth-order valence-electron chi connectivity index (χ4n) is 1.54. The fourth-order valence-corrected chi connectivity index (χ4v) is 2.07. The van der Waals surface area contributed by atoms with Gasteiger partial charge < -0.3 is 10.6 Å². The van der Waals surface area contributed by atoms with Crippen LogP contribution in [0.15, 0.2) is 22.7 Å². The van der Waals surface area contributed by atoms with E-state index in [9.17, 15) is 0 Å². The van der Waals surface area contributed by atoms with E-state index >= 15 is 0 Å². The number of nitrogens with zero attached hydrogens (tertiary/aromatic N) is 1. The highest BCUT2D eigenvalue weighted by molar-refractivity contribution is 9.10. The van der Waals surface area contributed by atoms with Crippen molar-refractivity contribution in [2.45, 2.75) is 19.8 Å². The first-order valence-electron chi connectivity index (χ1n) is 5.36. The molecule has 0 aliphatic heterocycles. The van der Waals surface area contributed by atoms with Crippen molar-refractivity contribution in [3.63, 3.8) is 0 Å². The van der Waals surface area contributed by atoms with Crippen molar-refractivity contribution < 1.29 is 0 Å². The molecule has 0 aromatic heterocycles. The molecule has 0 spiro atoms. The van der Waals surface area contributed by atoms with Crippen LogP contribution < -0.4 is 10.6 Å². The maximum atomic E-state index is 5.72. The Hall–Kier alpha value is -0.610. The largest absolute Gasteiger partial charge is 0.389 e. The third kappa shape index (κ3) is 3.46. The molecule has 0 bridgehead atoms. The third-order valence-corrected chi connectivity index (χ3v) is 3.20. The Labute approximate surface area is 111 Å². The lowest BCUT2D eigenvalue weighted by Gasteiger charge is -2.22. The van der Waals surface area contributed by atoms with Gasteiger partial charge in [-0.1, -0.05) is 41.5 Å². The number of rotatable bonds is 5. The van der Waals surface area contributed by atoms with Crippen molar-refractivity contribution in [3.8, 4) is 0 Å². The molecule has 0 saturated heterocycles. The van der Waals surface area contributed by atoms with Crippen LogP contribution in [0.2, 0.25) is 0 Å². The molecule has 0 unspecified atom stereocenters. The molecule has 0 aliphatic rings. The van der Waals surface area contributed by atoms with Crippen LogP contribution in [0.5, 0.6) is 0 Å². The quantitative estimate of drug-likeness (QED) is 0.846. The smallest absolute Gasteiger partial charge is 0.106 e. The summed E-state index contributed by atoms with van der Waals surface area (Å²) >= 11 is 8.53. The van der Waals surface area contributed by atoms with Gasteiger partial charge in [0, 0.05) is 29.3 Å². The Morgan fingerprint density at radius 1 is 1.50 bits per heavy atom. The van der Waals surface area contributed by atoms with E-state index in [-0.39, 0.29) is 0 Å². The molecule has 0 atom stereocenters. The van der Waals surface area contributed by atoms with Gasteiger partial charge in [-0.3, -0.25) is 0 Å². The van der Waals surface area contributed by atoms with Gasteiger partial charge in [0.15, 0.2) is 0 Å². The minimum absolute atomic E-state index is 0.450. The summed E-state index contributed by atoms with van der Waals surface area (Å²) in [6.07, 6.45) is 2.35. The van der Waals surface area contributed by atoms with Crippen LogP contribution in [-0.4, -0.2) is 18.6 Å². The van der Waals surface area contributed by atoms with Crippen molar-refractivity contribution in [2.75, 3.05) is 18.5 Å². The summed E-state index contributed by atoms with van der Waals surface area (Å²) in [6, 6.07) is 5.99. The summed E-state index contributed by atoms with van der Waals surface area (Å²) in [6.45, 7) is 3.20. The number of hydrogen-bond acceptors (Lipinski definition) is 2. The van der Waals surface area contributed by atoms with Gasteiger partial charge in [0.1, 0.15) is 4.99 Å². The van der Waals surface area contributed by atoms with Gasteiger partial charge in [0.25, 0.3) is 0 Å². The van der Waals surface area contributed by atoms with E-state index in [1.54, 1.807) is 0 Å². The van der Waals surface area contributed by atoms with Gasteiger partial charge in [-0.05, 0) is 24.6 Å². The SMILES string of the molecule is CCCCN(C)c1cc(Br)ccc1C(N)=S. The van der Waals surface area contributed by atoms with E-state index in [1.807, 2.05) is 12.1 Å². The lowest BCUT2D eigenvalue weighted by Crippen LogP contribution is -2.22. The summed E-state index contributed by atoms with van der Waals surface area (Å²) in [7, 11) is 2.07. The van der Waals surface area contributed by atoms with Gasteiger partial charge in [-0.15, -0.1) is 0 Å². The summed E-state index contributed by atoms with van der Waals surface area (Å²) in [5, 5.41) is 0. The van der Waals surface area contributed by atoms with E-state index in [0.29, 0.717) is 4.99 Å². The summed E-state index contributed by atoms with van der Waals surface area (Å²) in [4.78, 5) is 2.65. The van der Waals surface area contributed by atoms with Crippen molar-refractivity contribution in [1.82, 2.24) is 0 Å². The molecule has 16 heavy (non-hydrogen) atoms. The molecule has 4 heteroatoms. The highest BCUT2D eigenvalue weighted by atomic mass is 79.9. The van der Waals surface area contributed by atoms with Crippen molar-refractivity contribution in [2.24, 2.45) is 5.73 Å². The second-order valence-electron chi connectivity index (χ2n) is 3.80. The van der Waals surface area contributed by atoms with Gasteiger partial charge in [-0.25, -0.2) is 0 Å². The minimum Gasteiger partial charge on any atom is -0.389 e. The number of thiocarbonyl (C=S) groups is 1. The summed E-state index contributed by atoms with van der Waals surface area (Å²) in [5.74, 6) is 0. The highest BCUT2D eigenvalue weighted by Crippen LogP contribution is 2.24. The molecule has 0 aliphatic carbocycles. The molecule has 2 nitrogen and oxygen atoms in total. The first kappa shape index (κ1) is 13.5. The highest BCUT2D eigenvalue weighted by Gasteiger charge is 2.09. The molecule has 1 aromatic carbocycles. The van der Waals surface area contributed by atoms with Crippen LogP contribution in [0, 0.1) is 0 Å². The average Bonchev–Trinajstić information content (AvgIpc) is 2.25. The standard InChI is InChI=1S/C12H17BrN2S/c1-3-4-7-15(2)11-8-9(13)5-6-10(11)12(14)16/h5-6,8H,3-4,7H2,1-2H3,(H2,14,16). The molecular formula is C12H17BrN2S. The maximum Gasteiger partial charge on any atom is 0.106 e. The van der Waals surface area contributed by atoms with Gasteiger partial charge in [0.2, 0.25) is 0 Å². The first-order chi connectivity index (χ1) is 7.56. The molecule has 0 radical (unpaired) electrons. The summed E-state index contributed by atoms with van der Waals surface area (Å²) < 4.78 is 1.05. The Morgan fingerprint density at radius 3 is 2.75 bits per heavy atom. The van der Waals surface area contributed by atoms with E-state index in [2.05, 4.69) is 40.9 Å². The Kier molecular flexibility index (Phi) is 5.22. The van der Waals surface area contributed by atoms with Crippen molar-refractivity contribution in [1.29, 1.82) is 0 Å². The molecule has 2 N–H and O–H groups in total.